The highest BCUT2D eigenvalue weighted by atomic mass is 79.9. The Balaban J connectivity index is 2.78. The fraction of sp³-hybridized carbons (Fsp3) is 0.364. The van der Waals surface area contributed by atoms with Crippen molar-refractivity contribution in [2.45, 2.75) is 19.0 Å². The molecule has 0 bridgehead atoms. The number of benzene rings is 1. The molecule has 0 aliphatic rings. The van der Waals surface area contributed by atoms with Crippen LogP contribution in [0, 0.1) is 0 Å². The Morgan fingerprint density at radius 2 is 2.31 bits per heavy atom. The summed E-state index contributed by atoms with van der Waals surface area (Å²) in [6, 6.07) is 6.41. The number of aliphatic hydroxyl groups is 1. The molecule has 0 aliphatic heterocycles. The summed E-state index contributed by atoms with van der Waals surface area (Å²) in [6.45, 7) is 1.44. The van der Waals surface area contributed by atoms with Crippen molar-refractivity contribution in [2.24, 2.45) is 5.73 Å². The van der Waals surface area contributed by atoms with Gasteiger partial charge in [-0.15, -0.1) is 0 Å². The lowest BCUT2D eigenvalue weighted by Crippen LogP contribution is -2.41. The van der Waals surface area contributed by atoms with E-state index >= 15 is 0 Å². The lowest BCUT2D eigenvalue weighted by molar-refractivity contribution is -0.123. The van der Waals surface area contributed by atoms with Crippen molar-refractivity contribution in [1.29, 1.82) is 0 Å². The number of aliphatic hydroxyl groups excluding tert-OH is 1. The molecule has 0 aromatic heterocycles. The number of hydrogen-bond donors (Lipinski definition) is 3. The van der Waals surface area contributed by atoms with Gasteiger partial charge in [0.1, 0.15) is 0 Å². The van der Waals surface area contributed by atoms with Crippen molar-refractivity contribution in [3.05, 3.63) is 34.3 Å². The molecule has 4 N–H and O–H groups in total. The van der Waals surface area contributed by atoms with Crippen LogP contribution in [0.2, 0.25) is 0 Å². The van der Waals surface area contributed by atoms with Crippen molar-refractivity contribution >= 4 is 21.8 Å². The lowest BCUT2D eigenvalue weighted by Gasteiger charge is -2.18. The number of amides is 1. The second-order valence-corrected chi connectivity index (χ2v) is 4.50. The van der Waals surface area contributed by atoms with E-state index in [-0.39, 0.29) is 12.5 Å². The first-order chi connectivity index (χ1) is 7.54. The predicted octanol–water partition coefficient (Wildman–Crippen LogP) is 0.946. The van der Waals surface area contributed by atoms with Crippen LogP contribution in [0.3, 0.4) is 0 Å². The van der Waals surface area contributed by atoms with Gasteiger partial charge in [-0.05, 0) is 24.6 Å². The molecule has 16 heavy (non-hydrogen) atoms. The third kappa shape index (κ3) is 3.59. The van der Waals surface area contributed by atoms with Gasteiger partial charge in [-0.25, -0.2) is 0 Å². The van der Waals surface area contributed by atoms with Crippen LogP contribution >= 0.6 is 15.9 Å². The minimum atomic E-state index is -0.582. The standard InChI is InChI=1S/C11H15BrN2O2/c1-7(13)11(16)14-10(6-15)8-3-2-4-9(12)5-8/h2-5,7,10,15H,6,13H2,1H3,(H,14,16). The van der Waals surface area contributed by atoms with Gasteiger partial charge in [0.25, 0.3) is 0 Å². The third-order valence-corrected chi connectivity index (χ3v) is 2.66. The molecule has 0 fully saturated rings. The first-order valence-corrected chi connectivity index (χ1v) is 5.76. The van der Waals surface area contributed by atoms with Crippen LogP contribution < -0.4 is 11.1 Å². The van der Waals surface area contributed by atoms with E-state index in [0.717, 1.165) is 10.0 Å². The number of nitrogens with two attached hydrogens (primary N) is 1. The topological polar surface area (TPSA) is 75.4 Å². The quantitative estimate of drug-likeness (QED) is 0.771. The van der Waals surface area contributed by atoms with Gasteiger partial charge in [-0.3, -0.25) is 4.79 Å². The molecule has 1 rings (SSSR count). The summed E-state index contributed by atoms with van der Waals surface area (Å²) < 4.78 is 0.901. The van der Waals surface area contributed by atoms with Gasteiger partial charge < -0.3 is 16.2 Å². The summed E-state index contributed by atoms with van der Waals surface area (Å²) >= 11 is 3.34. The fourth-order valence-electron chi connectivity index (χ4n) is 1.26. The van der Waals surface area contributed by atoms with Crippen molar-refractivity contribution < 1.29 is 9.90 Å². The Labute approximate surface area is 103 Å². The molecule has 2 atom stereocenters. The fourth-order valence-corrected chi connectivity index (χ4v) is 1.68. The SMILES string of the molecule is CC(N)C(=O)NC(CO)c1cccc(Br)c1. The summed E-state index contributed by atoms with van der Waals surface area (Å²) in [5, 5.41) is 11.9. The molecular formula is C11H15BrN2O2. The molecule has 0 heterocycles. The molecule has 0 radical (unpaired) electrons. The Kier molecular flexibility index (Phi) is 4.92. The first-order valence-electron chi connectivity index (χ1n) is 4.97. The smallest absolute Gasteiger partial charge is 0.237 e. The molecular weight excluding hydrogens is 272 g/mol. The second-order valence-electron chi connectivity index (χ2n) is 3.59. The van der Waals surface area contributed by atoms with Gasteiger partial charge >= 0.3 is 0 Å². The summed E-state index contributed by atoms with van der Waals surface area (Å²) in [4.78, 5) is 11.4. The van der Waals surface area contributed by atoms with E-state index in [1.165, 1.54) is 0 Å². The number of nitrogens with one attached hydrogen (secondary N) is 1. The van der Waals surface area contributed by atoms with E-state index in [1.54, 1.807) is 6.92 Å². The van der Waals surface area contributed by atoms with E-state index in [9.17, 15) is 9.90 Å². The Morgan fingerprint density at radius 1 is 1.62 bits per heavy atom. The number of rotatable bonds is 4. The zero-order valence-corrected chi connectivity index (χ0v) is 10.6. The maximum absolute atomic E-state index is 11.4. The van der Waals surface area contributed by atoms with Crippen LogP contribution in [0.4, 0.5) is 0 Å². The van der Waals surface area contributed by atoms with Gasteiger partial charge in [0.15, 0.2) is 0 Å². The normalized spacial score (nSPS) is 14.2. The van der Waals surface area contributed by atoms with E-state index in [2.05, 4.69) is 21.2 Å². The monoisotopic (exact) mass is 286 g/mol. The molecule has 1 amide bonds. The minimum Gasteiger partial charge on any atom is -0.394 e. The molecule has 0 spiro atoms. The van der Waals surface area contributed by atoms with Crippen molar-refractivity contribution in [3.63, 3.8) is 0 Å². The van der Waals surface area contributed by atoms with Gasteiger partial charge in [-0.2, -0.15) is 0 Å². The summed E-state index contributed by atoms with van der Waals surface area (Å²) in [5.74, 6) is -0.279. The summed E-state index contributed by atoms with van der Waals surface area (Å²) in [6.07, 6.45) is 0. The maximum atomic E-state index is 11.4. The highest BCUT2D eigenvalue weighted by Gasteiger charge is 2.15. The van der Waals surface area contributed by atoms with Crippen LogP contribution in [0.1, 0.15) is 18.5 Å². The highest BCUT2D eigenvalue weighted by Crippen LogP contribution is 2.17. The molecule has 88 valence electrons. The van der Waals surface area contributed by atoms with Crippen LogP contribution in [-0.2, 0) is 4.79 Å². The molecule has 5 heteroatoms. The van der Waals surface area contributed by atoms with Crippen LogP contribution in [0.25, 0.3) is 0 Å². The van der Waals surface area contributed by atoms with Crippen LogP contribution in [0.15, 0.2) is 28.7 Å². The van der Waals surface area contributed by atoms with Gasteiger partial charge in [0, 0.05) is 4.47 Å². The second kappa shape index (κ2) is 5.98. The molecule has 1 aromatic carbocycles. The largest absolute Gasteiger partial charge is 0.394 e. The minimum absolute atomic E-state index is 0.158. The summed E-state index contributed by atoms with van der Waals surface area (Å²) in [5.41, 5.74) is 6.28. The van der Waals surface area contributed by atoms with E-state index in [4.69, 9.17) is 5.73 Å². The summed E-state index contributed by atoms with van der Waals surface area (Å²) in [7, 11) is 0. The van der Waals surface area contributed by atoms with E-state index < -0.39 is 12.1 Å². The molecule has 4 nitrogen and oxygen atoms in total. The van der Waals surface area contributed by atoms with Gasteiger partial charge in [0.2, 0.25) is 5.91 Å². The van der Waals surface area contributed by atoms with E-state index in [1.807, 2.05) is 24.3 Å². The average Bonchev–Trinajstić information content (AvgIpc) is 2.25. The average molecular weight is 287 g/mol. The Hall–Kier alpha value is -0.910. The van der Waals surface area contributed by atoms with Crippen LogP contribution in [0.5, 0.6) is 0 Å². The molecule has 1 aromatic rings. The molecule has 0 aliphatic carbocycles. The third-order valence-electron chi connectivity index (χ3n) is 2.16. The van der Waals surface area contributed by atoms with Crippen LogP contribution in [-0.4, -0.2) is 23.7 Å². The predicted molar refractivity (Wildman–Crippen MR) is 65.8 cm³/mol. The highest BCUT2D eigenvalue weighted by molar-refractivity contribution is 9.10. The zero-order chi connectivity index (χ0) is 12.1. The number of carbonyl (C=O) groups is 1. The van der Waals surface area contributed by atoms with Crippen molar-refractivity contribution in [2.75, 3.05) is 6.61 Å². The number of carbonyl (C=O) groups excluding carboxylic acids is 1. The van der Waals surface area contributed by atoms with Crippen molar-refractivity contribution in [1.82, 2.24) is 5.32 Å². The Bertz CT molecular complexity index is 369. The van der Waals surface area contributed by atoms with Gasteiger partial charge in [0.05, 0.1) is 18.7 Å². The molecule has 0 saturated heterocycles. The number of hydrogen-bond acceptors (Lipinski definition) is 3. The molecule has 0 saturated carbocycles. The van der Waals surface area contributed by atoms with Gasteiger partial charge in [-0.1, -0.05) is 28.1 Å². The molecule has 2 unspecified atom stereocenters. The Morgan fingerprint density at radius 3 is 2.81 bits per heavy atom. The van der Waals surface area contributed by atoms with E-state index in [0.29, 0.717) is 0 Å². The first kappa shape index (κ1) is 13.2. The number of halogens is 1. The lowest BCUT2D eigenvalue weighted by atomic mass is 10.1. The maximum Gasteiger partial charge on any atom is 0.237 e. The van der Waals surface area contributed by atoms with Crippen molar-refractivity contribution in [3.8, 4) is 0 Å². The zero-order valence-electron chi connectivity index (χ0n) is 8.98.